The van der Waals surface area contributed by atoms with Crippen molar-refractivity contribution in [3.63, 3.8) is 0 Å². The molecule has 0 spiro atoms. The lowest BCUT2D eigenvalue weighted by Crippen LogP contribution is -2.57. The van der Waals surface area contributed by atoms with E-state index in [4.69, 9.17) is 31.0 Å². The van der Waals surface area contributed by atoms with Gasteiger partial charge in [-0.15, -0.1) is 6.42 Å². The number of terminal acetylenes is 1. The van der Waals surface area contributed by atoms with E-state index in [1.54, 1.807) is 18.8 Å². The van der Waals surface area contributed by atoms with Crippen molar-refractivity contribution in [2.75, 3.05) is 64.5 Å². The average molecular weight is 766 g/mol. The van der Waals surface area contributed by atoms with Crippen LogP contribution < -0.4 is 9.64 Å². The molecule has 1 aliphatic carbocycles. The van der Waals surface area contributed by atoms with E-state index >= 15 is 8.78 Å². The van der Waals surface area contributed by atoms with Gasteiger partial charge in [0.15, 0.2) is 5.82 Å². The summed E-state index contributed by atoms with van der Waals surface area (Å²) in [6, 6.07) is 6.09. The smallest absolute Gasteiger partial charge is 0.319 e. The molecule has 11 nitrogen and oxygen atoms in total. The van der Waals surface area contributed by atoms with Gasteiger partial charge < -0.3 is 29.5 Å². The molecule has 56 heavy (non-hydrogen) atoms. The van der Waals surface area contributed by atoms with Crippen LogP contribution in [0.25, 0.3) is 43.7 Å². The number of aryl methyl sites for hydroxylation is 1. The molecule has 13 heteroatoms. The topological polar surface area (TPSA) is 112 Å². The Balaban J connectivity index is 1.18. The van der Waals surface area contributed by atoms with Gasteiger partial charge in [-0.05, 0) is 75.1 Å². The highest BCUT2D eigenvalue weighted by atomic mass is 19.1. The molecule has 294 valence electrons. The average Bonchev–Trinajstić information content (AvgIpc) is 3.72. The van der Waals surface area contributed by atoms with Crippen molar-refractivity contribution in [3.05, 3.63) is 47.7 Å². The predicted octanol–water partition coefficient (Wildman–Crippen LogP) is 5.85. The highest BCUT2D eigenvalue weighted by Gasteiger charge is 2.49. The van der Waals surface area contributed by atoms with Crippen LogP contribution >= 0.6 is 0 Å². The predicted molar refractivity (Wildman–Crippen MR) is 212 cm³/mol. The molecule has 2 aromatic heterocycles. The van der Waals surface area contributed by atoms with E-state index in [0.717, 1.165) is 71.4 Å². The molecule has 0 radical (unpaired) electrons. The van der Waals surface area contributed by atoms with Crippen molar-refractivity contribution in [2.24, 2.45) is 18.4 Å². The SMILES string of the molecule is C#Cc1c(F)ccc2cc(O)cc(-c3c(F)c4nc(OCC5(CN6CC(C(C)(C)O)C6)CC5)nc(N5C6CCC5CN(CCCOC)C6)c4c4cn(C)nc34)c12. The van der Waals surface area contributed by atoms with Crippen molar-refractivity contribution in [2.45, 2.75) is 63.6 Å². The summed E-state index contributed by atoms with van der Waals surface area (Å²) in [6.07, 6.45) is 12.6. The van der Waals surface area contributed by atoms with E-state index in [1.807, 2.05) is 20.0 Å². The van der Waals surface area contributed by atoms with Gasteiger partial charge in [0, 0.05) is 106 Å². The number of phenols is 1. The van der Waals surface area contributed by atoms with Crippen LogP contribution in [0.1, 0.15) is 51.5 Å². The number of rotatable bonds is 12. The first-order valence-corrected chi connectivity index (χ1v) is 19.7. The summed E-state index contributed by atoms with van der Waals surface area (Å²) in [4.78, 5) is 17.2. The number of halogens is 2. The number of methoxy groups -OCH3 is 1. The van der Waals surface area contributed by atoms with Gasteiger partial charge in [-0.3, -0.25) is 9.58 Å². The minimum atomic E-state index is -0.710. The number of fused-ring (bicyclic) bond motifs is 6. The van der Waals surface area contributed by atoms with Crippen molar-refractivity contribution >= 4 is 38.4 Å². The molecule has 2 N–H and O–H groups in total. The van der Waals surface area contributed by atoms with Crippen LogP contribution in [0.5, 0.6) is 11.8 Å². The summed E-state index contributed by atoms with van der Waals surface area (Å²) in [5.41, 5.74) is -0.121. The number of aromatic hydroxyl groups is 1. The molecule has 4 fully saturated rings. The maximum Gasteiger partial charge on any atom is 0.319 e. The molecular weight excluding hydrogens is 717 g/mol. The van der Waals surface area contributed by atoms with Crippen LogP contribution in [0.4, 0.5) is 14.6 Å². The molecule has 2 bridgehead atoms. The first-order valence-electron chi connectivity index (χ1n) is 19.7. The highest BCUT2D eigenvalue weighted by molar-refractivity contribution is 6.18. The Morgan fingerprint density at radius 2 is 1.77 bits per heavy atom. The quantitative estimate of drug-likeness (QED) is 0.119. The Kier molecular flexibility index (Phi) is 9.11. The lowest BCUT2D eigenvalue weighted by molar-refractivity contribution is -0.0693. The van der Waals surface area contributed by atoms with E-state index < -0.39 is 17.2 Å². The second-order valence-electron chi connectivity index (χ2n) is 17.2. The number of aliphatic hydroxyl groups is 1. The van der Waals surface area contributed by atoms with Crippen molar-refractivity contribution in [1.82, 2.24) is 29.5 Å². The van der Waals surface area contributed by atoms with Crippen LogP contribution in [0.2, 0.25) is 0 Å². The maximum atomic E-state index is 17.8. The standard InChI is InChI=1S/C43H49F2N7O4/c1-6-30-33(44)11-8-25-16-29(53)17-31(34(25)30)35-37(45)39-36(32-22-49(4)48-38(32)35)40(52-27-9-10-28(52)21-50(20-27)14-7-15-55-5)47-41(46-39)56-24-43(12-13-43)23-51-18-26(19-51)42(2,3)54/h1,8,11,16-17,22,26-28,53-54H,7,9-10,12-15,18-21,23-24H2,2-5H3. The summed E-state index contributed by atoms with van der Waals surface area (Å²) in [6.45, 7) is 9.98. The van der Waals surface area contributed by atoms with Crippen molar-refractivity contribution < 1.29 is 28.5 Å². The number of likely N-dealkylation sites (tertiary alicyclic amines) is 2. The largest absolute Gasteiger partial charge is 0.508 e. The molecule has 4 aliphatic rings. The van der Waals surface area contributed by atoms with Crippen LogP contribution in [-0.4, -0.2) is 117 Å². The van der Waals surface area contributed by atoms with Gasteiger partial charge in [0.25, 0.3) is 0 Å². The number of hydrogen-bond acceptors (Lipinski definition) is 10. The van der Waals surface area contributed by atoms with Gasteiger partial charge >= 0.3 is 6.01 Å². The maximum absolute atomic E-state index is 17.8. The summed E-state index contributed by atoms with van der Waals surface area (Å²) in [5, 5.41) is 28.1. The Morgan fingerprint density at radius 3 is 2.45 bits per heavy atom. The number of aromatic nitrogens is 4. The summed E-state index contributed by atoms with van der Waals surface area (Å²) in [7, 11) is 3.50. The Hall–Kier alpha value is -4.61. The molecule has 5 aromatic rings. The zero-order valence-electron chi connectivity index (χ0n) is 32.5. The second-order valence-corrected chi connectivity index (χ2v) is 17.2. The van der Waals surface area contributed by atoms with E-state index in [2.05, 4.69) is 20.6 Å². The van der Waals surface area contributed by atoms with Crippen molar-refractivity contribution in [3.8, 4) is 35.2 Å². The third-order valence-electron chi connectivity index (χ3n) is 12.7. The summed E-state index contributed by atoms with van der Waals surface area (Å²) >= 11 is 0. The molecule has 9 rings (SSSR count). The van der Waals surface area contributed by atoms with E-state index in [0.29, 0.717) is 46.1 Å². The van der Waals surface area contributed by atoms with E-state index in [9.17, 15) is 10.2 Å². The molecule has 5 heterocycles. The summed E-state index contributed by atoms with van der Waals surface area (Å²) in [5.74, 6) is 1.90. The van der Waals surface area contributed by atoms with Gasteiger partial charge in [0.05, 0.1) is 23.2 Å². The third kappa shape index (κ3) is 6.40. The van der Waals surface area contributed by atoms with Gasteiger partial charge in [0.1, 0.15) is 28.4 Å². The van der Waals surface area contributed by atoms with Crippen LogP contribution in [0.3, 0.4) is 0 Å². The molecular formula is C43H49F2N7O4. The number of piperazine rings is 1. The molecule has 3 aromatic carbocycles. The Morgan fingerprint density at radius 1 is 1.02 bits per heavy atom. The second kappa shape index (κ2) is 13.8. The van der Waals surface area contributed by atoms with E-state index in [-0.39, 0.29) is 57.4 Å². The van der Waals surface area contributed by atoms with Crippen LogP contribution in [0, 0.1) is 35.3 Å². The minimum absolute atomic E-state index is 0.0285. The zero-order valence-corrected chi connectivity index (χ0v) is 32.5. The monoisotopic (exact) mass is 765 g/mol. The molecule has 3 saturated heterocycles. The number of phenolic OH excluding ortho intramolecular Hbond substituents is 1. The van der Waals surface area contributed by atoms with Gasteiger partial charge in [-0.25, -0.2) is 8.78 Å². The van der Waals surface area contributed by atoms with Crippen LogP contribution in [-0.2, 0) is 11.8 Å². The third-order valence-corrected chi connectivity index (χ3v) is 12.7. The number of benzene rings is 3. The fourth-order valence-corrected chi connectivity index (χ4v) is 9.49. The number of hydrogen-bond donors (Lipinski definition) is 2. The Bertz CT molecular complexity index is 2380. The number of ether oxygens (including phenoxy) is 2. The zero-order chi connectivity index (χ0) is 39.1. The van der Waals surface area contributed by atoms with Gasteiger partial charge in [-0.2, -0.15) is 15.1 Å². The van der Waals surface area contributed by atoms with Crippen LogP contribution in [0.15, 0.2) is 30.5 Å². The molecule has 1 saturated carbocycles. The highest BCUT2D eigenvalue weighted by Crippen LogP contribution is 2.49. The normalized spacial score (nSPS) is 21.3. The minimum Gasteiger partial charge on any atom is -0.508 e. The van der Waals surface area contributed by atoms with E-state index in [1.165, 1.54) is 24.3 Å². The lowest BCUT2D eigenvalue weighted by Gasteiger charge is -2.46. The molecule has 0 amide bonds. The fraction of sp³-hybridized carbons (Fsp3) is 0.512. The number of anilines is 1. The summed E-state index contributed by atoms with van der Waals surface area (Å²) < 4.78 is 46.6. The van der Waals surface area contributed by atoms with Crippen molar-refractivity contribution in [1.29, 1.82) is 0 Å². The first-order chi connectivity index (χ1) is 26.9. The molecule has 2 atom stereocenters. The van der Waals surface area contributed by atoms with Gasteiger partial charge in [0.2, 0.25) is 0 Å². The molecule has 3 aliphatic heterocycles. The van der Waals surface area contributed by atoms with Gasteiger partial charge in [-0.1, -0.05) is 12.0 Å². The first kappa shape index (κ1) is 37.0. The Labute approximate surface area is 325 Å². The number of nitrogens with zero attached hydrogens (tertiary/aromatic N) is 7. The fourth-order valence-electron chi connectivity index (χ4n) is 9.49. The lowest BCUT2D eigenvalue weighted by atomic mass is 9.84. The molecule has 2 unspecified atom stereocenters.